The first kappa shape index (κ1) is 9.26. The maximum atomic E-state index is 10.5. The lowest BCUT2D eigenvalue weighted by molar-refractivity contribution is -0.122. The quantitative estimate of drug-likeness (QED) is 0.508. The SMILES string of the molecule is NCC(=O)CCC(=O)CN. The molecule has 0 saturated carbocycles. The van der Waals surface area contributed by atoms with Gasteiger partial charge in [-0.15, -0.1) is 0 Å². The molecule has 0 atom stereocenters. The van der Waals surface area contributed by atoms with Crippen molar-refractivity contribution in [2.24, 2.45) is 11.5 Å². The summed E-state index contributed by atoms with van der Waals surface area (Å²) < 4.78 is 0. The zero-order valence-corrected chi connectivity index (χ0v) is 5.80. The second-order valence-corrected chi connectivity index (χ2v) is 1.99. The normalized spacial score (nSPS) is 9.40. The van der Waals surface area contributed by atoms with E-state index in [-0.39, 0.29) is 37.5 Å². The highest BCUT2D eigenvalue weighted by atomic mass is 16.1. The third-order valence-corrected chi connectivity index (χ3v) is 1.14. The number of nitrogens with two attached hydrogens (primary N) is 2. The Morgan fingerprint density at radius 2 is 1.20 bits per heavy atom. The van der Waals surface area contributed by atoms with Crippen molar-refractivity contribution in [2.45, 2.75) is 12.8 Å². The summed E-state index contributed by atoms with van der Waals surface area (Å²) in [5, 5.41) is 0. The van der Waals surface area contributed by atoms with Gasteiger partial charge in [0.1, 0.15) is 11.6 Å². The second-order valence-electron chi connectivity index (χ2n) is 1.99. The summed E-state index contributed by atoms with van der Waals surface area (Å²) in [6, 6.07) is 0. The molecule has 0 bridgehead atoms. The number of hydrogen-bond donors (Lipinski definition) is 2. The van der Waals surface area contributed by atoms with E-state index < -0.39 is 0 Å². The van der Waals surface area contributed by atoms with E-state index in [2.05, 4.69) is 0 Å². The molecule has 0 aromatic carbocycles. The number of hydrogen-bond acceptors (Lipinski definition) is 4. The minimum Gasteiger partial charge on any atom is -0.324 e. The van der Waals surface area contributed by atoms with Crippen LogP contribution in [0, 0.1) is 0 Å². The van der Waals surface area contributed by atoms with E-state index >= 15 is 0 Å². The smallest absolute Gasteiger partial charge is 0.146 e. The van der Waals surface area contributed by atoms with Gasteiger partial charge in [-0.2, -0.15) is 0 Å². The summed E-state index contributed by atoms with van der Waals surface area (Å²) >= 11 is 0. The van der Waals surface area contributed by atoms with E-state index in [0.29, 0.717) is 0 Å². The summed E-state index contributed by atoms with van der Waals surface area (Å²) in [6.45, 7) is 0.0235. The van der Waals surface area contributed by atoms with E-state index in [9.17, 15) is 9.59 Å². The summed E-state index contributed by atoms with van der Waals surface area (Å²) in [7, 11) is 0. The van der Waals surface area contributed by atoms with Gasteiger partial charge in [-0.05, 0) is 0 Å². The van der Waals surface area contributed by atoms with Crippen molar-refractivity contribution in [3.63, 3.8) is 0 Å². The molecule has 0 aliphatic heterocycles. The lowest BCUT2D eigenvalue weighted by atomic mass is 10.1. The van der Waals surface area contributed by atoms with Gasteiger partial charge in [0.2, 0.25) is 0 Å². The Morgan fingerprint density at radius 1 is 0.900 bits per heavy atom. The van der Waals surface area contributed by atoms with Gasteiger partial charge in [-0.25, -0.2) is 0 Å². The van der Waals surface area contributed by atoms with Gasteiger partial charge in [-0.1, -0.05) is 0 Å². The molecule has 0 rings (SSSR count). The highest BCUT2D eigenvalue weighted by molar-refractivity contribution is 5.87. The standard InChI is InChI=1S/C6H12N2O2/c7-3-5(9)1-2-6(10)4-8/h1-4,7-8H2. The molecule has 0 aliphatic carbocycles. The minimum atomic E-state index is -0.0956. The van der Waals surface area contributed by atoms with Crippen molar-refractivity contribution in [3.05, 3.63) is 0 Å². The van der Waals surface area contributed by atoms with Gasteiger partial charge in [0.05, 0.1) is 13.1 Å². The Labute approximate surface area is 59.6 Å². The molecule has 58 valence electrons. The molecular formula is C6H12N2O2. The van der Waals surface area contributed by atoms with Crippen molar-refractivity contribution >= 4 is 11.6 Å². The van der Waals surface area contributed by atoms with E-state index in [4.69, 9.17) is 11.5 Å². The molecule has 0 fully saturated rings. The topological polar surface area (TPSA) is 86.2 Å². The highest BCUT2D eigenvalue weighted by Gasteiger charge is 2.02. The van der Waals surface area contributed by atoms with Gasteiger partial charge < -0.3 is 11.5 Å². The molecule has 0 aliphatic rings. The van der Waals surface area contributed by atoms with Crippen LogP contribution in [0.15, 0.2) is 0 Å². The molecule has 10 heavy (non-hydrogen) atoms. The van der Waals surface area contributed by atoms with Crippen molar-refractivity contribution in [1.29, 1.82) is 0 Å². The van der Waals surface area contributed by atoms with Crippen LogP contribution < -0.4 is 11.5 Å². The number of Topliss-reactive ketones (excluding diaryl/α,β-unsaturated/α-hetero) is 2. The van der Waals surface area contributed by atoms with Gasteiger partial charge in [0, 0.05) is 12.8 Å². The fraction of sp³-hybridized carbons (Fsp3) is 0.667. The Balaban J connectivity index is 3.35. The van der Waals surface area contributed by atoms with Gasteiger partial charge in [0.25, 0.3) is 0 Å². The van der Waals surface area contributed by atoms with Crippen LogP contribution in [-0.2, 0) is 9.59 Å². The Bertz CT molecular complexity index is 118. The predicted molar refractivity (Wildman–Crippen MR) is 37.4 cm³/mol. The molecule has 4 heteroatoms. The largest absolute Gasteiger partial charge is 0.324 e. The molecule has 4 nitrogen and oxygen atoms in total. The zero-order valence-electron chi connectivity index (χ0n) is 5.80. The van der Waals surface area contributed by atoms with Gasteiger partial charge >= 0.3 is 0 Å². The molecule has 0 aromatic rings. The molecule has 0 radical (unpaired) electrons. The van der Waals surface area contributed by atoms with Crippen molar-refractivity contribution in [2.75, 3.05) is 13.1 Å². The van der Waals surface area contributed by atoms with Crippen LogP contribution in [0.4, 0.5) is 0 Å². The number of carbonyl (C=O) groups is 2. The highest BCUT2D eigenvalue weighted by Crippen LogP contribution is 1.89. The fourth-order valence-corrected chi connectivity index (χ4v) is 0.483. The van der Waals surface area contributed by atoms with Crippen molar-refractivity contribution in [3.8, 4) is 0 Å². The molecule has 0 aromatic heterocycles. The summed E-state index contributed by atoms with van der Waals surface area (Å²) in [5.74, 6) is -0.191. The molecule has 0 saturated heterocycles. The van der Waals surface area contributed by atoms with Crippen LogP contribution >= 0.6 is 0 Å². The summed E-state index contributed by atoms with van der Waals surface area (Å²) in [5.41, 5.74) is 10.0. The third-order valence-electron chi connectivity index (χ3n) is 1.14. The van der Waals surface area contributed by atoms with Crippen molar-refractivity contribution in [1.82, 2.24) is 0 Å². The first-order valence-corrected chi connectivity index (χ1v) is 3.14. The summed E-state index contributed by atoms with van der Waals surface area (Å²) in [6.07, 6.45) is 0.457. The van der Waals surface area contributed by atoms with E-state index in [1.807, 2.05) is 0 Å². The average molecular weight is 144 g/mol. The monoisotopic (exact) mass is 144 g/mol. The fourth-order valence-electron chi connectivity index (χ4n) is 0.483. The van der Waals surface area contributed by atoms with Crippen molar-refractivity contribution < 1.29 is 9.59 Å². The predicted octanol–water partition coefficient (Wildman–Crippen LogP) is -1.18. The summed E-state index contributed by atoms with van der Waals surface area (Å²) in [4.78, 5) is 21.0. The molecular weight excluding hydrogens is 132 g/mol. The van der Waals surface area contributed by atoms with Crippen LogP contribution in [0.3, 0.4) is 0 Å². The average Bonchev–Trinajstić information content (AvgIpc) is 1.99. The third kappa shape index (κ3) is 4.17. The first-order chi connectivity index (χ1) is 4.70. The molecule has 0 amide bonds. The van der Waals surface area contributed by atoms with E-state index in [1.165, 1.54) is 0 Å². The minimum absolute atomic E-state index is 0.0118. The second kappa shape index (κ2) is 5.08. The van der Waals surface area contributed by atoms with Crippen LogP contribution in [0.2, 0.25) is 0 Å². The lowest BCUT2D eigenvalue weighted by Gasteiger charge is -1.94. The zero-order chi connectivity index (χ0) is 7.98. The van der Waals surface area contributed by atoms with E-state index in [1.54, 1.807) is 0 Å². The Kier molecular flexibility index (Phi) is 4.70. The molecule has 0 heterocycles. The van der Waals surface area contributed by atoms with Crippen LogP contribution in [-0.4, -0.2) is 24.7 Å². The Morgan fingerprint density at radius 3 is 1.40 bits per heavy atom. The maximum Gasteiger partial charge on any atom is 0.146 e. The maximum absolute atomic E-state index is 10.5. The lowest BCUT2D eigenvalue weighted by Crippen LogP contribution is -2.18. The van der Waals surface area contributed by atoms with Gasteiger partial charge in [-0.3, -0.25) is 9.59 Å². The molecule has 4 N–H and O–H groups in total. The van der Waals surface area contributed by atoms with E-state index in [0.717, 1.165) is 0 Å². The van der Waals surface area contributed by atoms with Crippen LogP contribution in [0.5, 0.6) is 0 Å². The first-order valence-electron chi connectivity index (χ1n) is 3.14. The van der Waals surface area contributed by atoms with Crippen LogP contribution in [0.1, 0.15) is 12.8 Å². The molecule has 0 spiro atoms. The number of ketones is 2. The number of rotatable bonds is 5. The van der Waals surface area contributed by atoms with Crippen LogP contribution in [0.25, 0.3) is 0 Å². The Hall–Kier alpha value is -0.740. The molecule has 0 unspecified atom stereocenters. The number of carbonyl (C=O) groups excluding carboxylic acids is 2. The van der Waals surface area contributed by atoms with Gasteiger partial charge in [0.15, 0.2) is 0 Å².